The minimum atomic E-state index is -0.159. The summed E-state index contributed by atoms with van der Waals surface area (Å²) in [4.78, 5) is 12.7. The quantitative estimate of drug-likeness (QED) is 0.443. The first-order chi connectivity index (χ1) is 19.4. The minimum absolute atomic E-state index is 0. The molecule has 0 saturated carbocycles. The number of hydrogen-bond acceptors (Lipinski definition) is 6. The molecule has 0 aromatic heterocycles. The largest absolute Gasteiger partial charge is 0.497 e. The van der Waals surface area contributed by atoms with Gasteiger partial charge in [-0.05, 0) is 33.3 Å². The zero-order chi connectivity index (χ0) is 29.7. The summed E-state index contributed by atoms with van der Waals surface area (Å²) in [7, 11) is 2.75. The lowest BCUT2D eigenvalue weighted by atomic mass is 10.0. The Kier molecular flexibility index (Phi) is 13.9. The van der Waals surface area contributed by atoms with E-state index >= 15 is 0 Å². The summed E-state index contributed by atoms with van der Waals surface area (Å²) in [5, 5.41) is 38.8. The van der Waals surface area contributed by atoms with Crippen LogP contribution in [0.3, 0.4) is 0 Å². The van der Waals surface area contributed by atoms with E-state index in [1.807, 2.05) is 12.1 Å². The second kappa shape index (κ2) is 16.7. The van der Waals surface area contributed by atoms with Crippen LogP contribution >= 0.6 is 0 Å². The van der Waals surface area contributed by atoms with Crippen LogP contribution in [0.15, 0.2) is 48.5 Å². The van der Waals surface area contributed by atoms with Gasteiger partial charge in [0.25, 0.3) is 22.8 Å². The third-order valence-electron chi connectivity index (χ3n) is 5.34. The second-order valence-electron chi connectivity index (χ2n) is 7.25. The lowest BCUT2D eigenvalue weighted by molar-refractivity contribution is 0.397. The summed E-state index contributed by atoms with van der Waals surface area (Å²) in [6.45, 7) is 28.0. The Morgan fingerprint density at radius 1 is 0.548 bits per heavy atom. The molecule has 0 N–H and O–H groups in total. The van der Waals surface area contributed by atoms with Crippen LogP contribution in [0.5, 0.6) is 11.5 Å². The molecule has 0 amide bonds. The van der Waals surface area contributed by atoms with E-state index in [-0.39, 0.29) is 59.6 Å². The van der Waals surface area contributed by atoms with Crippen LogP contribution in [0.1, 0.15) is 14.9 Å². The molecule has 0 aliphatic rings. The average Bonchev–Trinajstić information content (AvgIpc) is 3.00. The summed E-state index contributed by atoms with van der Waals surface area (Å²) >= 11 is 0. The molecule has 202 valence electrons. The van der Waals surface area contributed by atoms with Crippen LogP contribution < -0.4 is 30.3 Å². The van der Waals surface area contributed by atoms with Crippen molar-refractivity contribution < 1.29 is 9.47 Å². The van der Waals surface area contributed by atoms with Gasteiger partial charge in [-0.25, -0.2) is 40.4 Å². The van der Waals surface area contributed by atoms with Gasteiger partial charge in [-0.15, -0.1) is 0 Å². The van der Waals surface area contributed by atoms with Crippen molar-refractivity contribution in [1.29, 1.82) is 21.0 Å². The van der Waals surface area contributed by atoms with Crippen LogP contribution in [0.2, 0.25) is 0 Å². The summed E-state index contributed by atoms with van der Waals surface area (Å²) in [5.74, 6) is 0.453. The first-order valence-corrected chi connectivity index (χ1v) is 10.8. The number of hydrogen-bond donors (Lipinski definition) is 0. The predicted molar refractivity (Wildman–Crippen MR) is 158 cm³/mol. The topological polar surface area (TPSA) is 131 Å². The Morgan fingerprint density at radius 3 is 1.07 bits per heavy atom. The molecule has 0 heterocycles. The van der Waals surface area contributed by atoms with Crippen molar-refractivity contribution in [2.75, 3.05) is 14.2 Å². The fraction of sp³-hybridized carbons (Fsp3) is 0.125. The highest BCUT2D eigenvalue weighted by molar-refractivity contribution is 5.90. The molecule has 0 atom stereocenters. The van der Waals surface area contributed by atoms with Gasteiger partial charge >= 0.3 is 0 Å². The normalized spacial score (nSPS) is 11.6. The number of nitrogens with zero attached hydrogens (tertiary/aromatic N) is 8. The highest BCUT2D eigenvalue weighted by Crippen LogP contribution is 2.11. The van der Waals surface area contributed by atoms with Crippen LogP contribution in [0.4, 0.5) is 0 Å². The van der Waals surface area contributed by atoms with Crippen molar-refractivity contribution in [1.82, 2.24) is 0 Å². The third kappa shape index (κ3) is 7.06. The predicted octanol–water partition coefficient (Wildman–Crippen LogP) is 4.02. The van der Waals surface area contributed by atoms with Gasteiger partial charge in [-0.3, -0.25) is 0 Å². The summed E-state index contributed by atoms with van der Waals surface area (Å²) in [6.07, 6.45) is 0. The lowest BCUT2D eigenvalue weighted by Gasteiger charge is -2.07. The molecule has 0 aliphatic carbocycles. The Balaban J connectivity index is 0.000000764. The average molecular weight is 551 g/mol. The number of rotatable bonds is 2. The van der Waals surface area contributed by atoms with Crippen LogP contribution in [-0.2, 0) is 0 Å². The second-order valence-corrected chi connectivity index (χ2v) is 7.25. The van der Waals surface area contributed by atoms with Crippen LogP contribution in [0.25, 0.3) is 52.9 Å². The van der Waals surface area contributed by atoms with E-state index in [4.69, 9.17) is 56.8 Å². The molecule has 0 spiro atoms. The summed E-state index contributed by atoms with van der Waals surface area (Å²) < 4.78 is 10.2. The van der Waals surface area contributed by atoms with Gasteiger partial charge in [0.05, 0.1) is 64.8 Å². The molecule has 0 unspecified atom stereocenters. The van der Waals surface area contributed by atoms with E-state index in [1.165, 1.54) is 26.4 Å². The van der Waals surface area contributed by atoms with Crippen molar-refractivity contribution in [2.24, 2.45) is 0 Å². The fourth-order valence-electron chi connectivity index (χ4n) is 3.56. The summed E-state index contributed by atoms with van der Waals surface area (Å²) in [6, 6.07) is 20.4. The Hall–Kier alpha value is -7.08. The van der Waals surface area contributed by atoms with E-state index in [2.05, 4.69) is 19.4 Å². The van der Waals surface area contributed by atoms with Crippen molar-refractivity contribution in [2.45, 2.75) is 14.9 Å². The van der Waals surface area contributed by atoms with E-state index in [1.54, 1.807) is 48.5 Å². The summed E-state index contributed by atoms with van der Waals surface area (Å²) in [5.41, 5.74) is -0.329. The first-order valence-electron chi connectivity index (χ1n) is 10.8. The minimum Gasteiger partial charge on any atom is -0.497 e. The SMILES string of the molecule is C.C.[C-]#[N+]/C(C#N)=c1/cc(OC)/c(=C(\C#N)[N+]#[C-])cc1OC.[C-]#[N+]/C(C#N)=c1\cc/c(=C(/C#N)[N+]#[C-])c2ccccc12. The molecule has 0 bridgehead atoms. The van der Waals surface area contributed by atoms with Crippen molar-refractivity contribution in [3.63, 3.8) is 0 Å². The maximum absolute atomic E-state index is 9.00. The van der Waals surface area contributed by atoms with Gasteiger partial charge in [0, 0.05) is 10.4 Å². The Morgan fingerprint density at radius 2 is 0.833 bits per heavy atom. The van der Waals surface area contributed by atoms with Crippen molar-refractivity contribution in [3.05, 3.63) is 115 Å². The molecular weight excluding hydrogens is 528 g/mol. The smallest absolute Gasteiger partial charge is 0.272 e. The number of fused-ring (bicyclic) bond motifs is 1. The lowest BCUT2D eigenvalue weighted by Crippen LogP contribution is -2.18. The molecule has 0 aliphatic heterocycles. The molecule has 0 fully saturated rings. The van der Waals surface area contributed by atoms with Gasteiger partial charge in [0.15, 0.2) is 0 Å². The van der Waals surface area contributed by atoms with E-state index in [0.29, 0.717) is 21.2 Å². The van der Waals surface area contributed by atoms with Crippen molar-refractivity contribution in [3.8, 4) is 35.8 Å². The fourth-order valence-corrected chi connectivity index (χ4v) is 3.56. The maximum Gasteiger partial charge on any atom is 0.272 e. The first kappa shape index (κ1) is 34.9. The maximum atomic E-state index is 9.00. The standard InChI is InChI=1S/C16H6N4.C14H8N4O2.2CH4/c1-19-15(9-17)13-7-8-14(16(10-18)20-2)12-6-4-3-5-11(12)13;1-17-11(7-15)9-5-14(20-4)10(6-13(9)19-3)12(8-16)18-2;;/h3-8H;5-6H,3-4H3;2*1H4/b15-13+,16-14+;11-9-,12-10+;;. The van der Waals surface area contributed by atoms with Crippen LogP contribution in [0, 0.1) is 71.6 Å². The van der Waals surface area contributed by atoms with E-state index in [0.717, 1.165) is 0 Å². The highest BCUT2D eigenvalue weighted by Gasteiger charge is 2.10. The Bertz CT molecular complexity index is 1910. The van der Waals surface area contributed by atoms with Gasteiger partial charge < -0.3 is 9.47 Å². The third-order valence-corrected chi connectivity index (χ3v) is 5.34. The van der Waals surface area contributed by atoms with Crippen molar-refractivity contribution >= 4 is 33.6 Å². The molecular formula is C32H22N8O2. The number of nitriles is 4. The monoisotopic (exact) mass is 550 g/mol. The molecule has 3 aromatic rings. The Labute approximate surface area is 243 Å². The van der Waals surface area contributed by atoms with E-state index in [9.17, 15) is 0 Å². The molecule has 3 aromatic carbocycles. The molecule has 42 heavy (non-hydrogen) atoms. The van der Waals surface area contributed by atoms with Gasteiger partial charge in [-0.2, -0.15) is 0 Å². The van der Waals surface area contributed by atoms with Crippen LogP contribution in [-0.4, -0.2) is 14.2 Å². The van der Waals surface area contributed by atoms with E-state index < -0.39 is 0 Å². The number of benzene rings is 3. The molecule has 10 heteroatoms. The molecule has 10 nitrogen and oxygen atoms in total. The molecule has 0 radical (unpaired) electrons. The number of methoxy groups -OCH3 is 2. The van der Waals surface area contributed by atoms with Gasteiger partial charge in [0.1, 0.15) is 11.5 Å². The zero-order valence-corrected chi connectivity index (χ0v) is 21.0. The molecule has 3 rings (SSSR count). The highest BCUT2D eigenvalue weighted by atomic mass is 16.5. The number of ether oxygens (including phenoxy) is 2. The van der Waals surface area contributed by atoms with Gasteiger partial charge in [0.2, 0.25) is 0 Å². The molecule has 0 saturated heterocycles. The van der Waals surface area contributed by atoms with Gasteiger partial charge in [-0.1, -0.05) is 51.3 Å². The zero-order valence-electron chi connectivity index (χ0n) is 21.0.